The summed E-state index contributed by atoms with van der Waals surface area (Å²) in [5.74, 6) is 1.56. The van der Waals surface area contributed by atoms with Crippen LogP contribution >= 0.6 is 0 Å². The van der Waals surface area contributed by atoms with Gasteiger partial charge in [0.25, 0.3) is 0 Å². The number of ether oxygens (including phenoxy) is 2. The van der Waals surface area contributed by atoms with Gasteiger partial charge in [0.2, 0.25) is 5.65 Å². The van der Waals surface area contributed by atoms with E-state index >= 15 is 0 Å². The molecule has 7 heteroatoms. The van der Waals surface area contributed by atoms with Crippen LogP contribution in [0.1, 0.15) is 5.82 Å². The number of anilines is 1. The monoisotopic (exact) mass is 249 g/mol. The molecule has 1 saturated heterocycles. The number of hydrogen-bond acceptors (Lipinski definition) is 6. The van der Waals surface area contributed by atoms with Crippen LogP contribution in [0.25, 0.3) is 5.65 Å². The molecule has 0 saturated carbocycles. The van der Waals surface area contributed by atoms with Crippen molar-refractivity contribution in [2.75, 3.05) is 31.7 Å². The first-order chi connectivity index (χ1) is 8.84. The van der Waals surface area contributed by atoms with Gasteiger partial charge in [0.1, 0.15) is 5.82 Å². The molecule has 2 aromatic rings. The molecule has 0 bridgehead atoms. The molecule has 3 heterocycles. The maximum atomic E-state index is 5.56. The average molecular weight is 249 g/mol. The molecule has 1 aliphatic heterocycles. The fraction of sp³-hybridized carbons (Fsp3) is 0.545. The molecule has 3 rings (SSSR count). The van der Waals surface area contributed by atoms with E-state index in [4.69, 9.17) is 9.47 Å². The molecule has 1 N–H and O–H groups in total. The van der Waals surface area contributed by atoms with Crippen LogP contribution in [0.3, 0.4) is 0 Å². The van der Waals surface area contributed by atoms with Crippen molar-refractivity contribution < 1.29 is 9.47 Å². The van der Waals surface area contributed by atoms with Crippen LogP contribution in [0.2, 0.25) is 0 Å². The fourth-order valence-corrected chi connectivity index (χ4v) is 1.93. The predicted molar refractivity (Wildman–Crippen MR) is 64.6 cm³/mol. The Kier molecular flexibility index (Phi) is 3.07. The fourth-order valence-electron chi connectivity index (χ4n) is 1.93. The number of fused-ring (bicyclic) bond motifs is 1. The Bertz CT molecular complexity index is 535. The minimum atomic E-state index is 0.0600. The highest BCUT2D eigenvalue weighted by atomic mass is 16.6. The van der Waals surface area contributed by atoms with Crippen molar-refractivity contribution in [3.8, 4) is 0 Å². The van der Waals surface area contributed by atoms with E-state index in [9.17, 15) is 0 Å². The lowest BCUT2D eigenvalue weighted by atomic mass is 10.3. The van der Waals surface area contributed by atoms with Gasteiger partial charge in [0.15, 0.2) is 5.82 Å². The van der Waals surface area contributed by atoms with Crippen LogP contribution in [-0.4, -0.2) is 52.1 Å². The van der Waals surface area contributed by atoms with Crippen LogP contribution < -0.4 is 5.32 Å². The predicted octanol–water partition coefficient (Wildman–Crippen LogP) is 0.260. The Morgan fingerprint density at radius 2 is 2.39 bits per heavy atom. The van der Waals surface area contributed by atoms with Crippen molar-refractivity contribution in [1.29, 1.82) is 0 Å². The highest BCUT2D eigenvalue weighted by Gasteiger charge is 2.15. The van der Waals surface area contributed by atoms with Crippen LogP contribution in [0.5, 0.6) is 0 Å². The van der Waals surface area contributed by atoms with Gasteiger partial charge in [-0.1, -0.05) is 0 Å². The van der Waals surface area contributed by atoms with Gasteiger partial charge in [-0.3, -0.25) is 4.40 Å². The highest BCUT2D eigenvalue weighted by molar-refractivity contribution is 5.61. The largest absolute Gasteiger partial charge is 0.376 e. The maximum absolute atomic E-state index is 5.56. The van der Waals surface area contributed by atoms with Crippen LogP contribution in [0.4, 0.5) is 5.82 Å². The van der Waals surface area contributed by atoms with Crippen molar-refractivity contribution in [2.45, 2.75) is 13.0 Å². The molecule has 2 aromatic heterocycles. The third-order valence-corrected chi connectivity index (χ3v) is 2.88. The summed E-state index contributed by atoms with van der Waals surface area (Å²) < 4.78 is 12.8. The molecule has 1 aliphatic rings. The number of hydrogen-bond donors (Lipinski definition) is 1. The minimum absolute atomic E-state index is 0.0600. The van der Waals surface area contributed by atoms with E-state index in [0.29, 0.717) is 32.2 Å². The smallest absolute Gasteiger partial charge is 0.203 e. The summed E-state index contributed by atoms with van der Waals surface area (Å²) in [5.41, 5.74) is 0.728. The van der Waals surface area contributed by atoms with Gasteiger partial charge >= 0.3 is 0 Å². The number of nitrogens with zero attached hydrogens (tertiary/aromatic N) is 4. The van der Waals surface area contributed by atoms with Crippen molar-refractivity contribution >= 4 is 11.5 Å². The second kappa shape index (κ2) is 4.87. The first kappa shape index (κ1) is 11.4. The van der Waals surface area contributed by atoms with Gasteiger partial charge in [0, 0.05) is 18.9 Å². The molecule has 0 aliphatic carbocycles. The number of nitrogens with one attached hydrogen (secondary N) is 1. The molecule has 0 aromatic carbocycles. The number of aromatic nitrogens is 4. The highest BCUT2D eigenvalue weighted by Crippen LogP contribution is 2.12. The van der Waals surface area contributed by atoms with Gasteiger partial charge in [-0.05, 0) is 6.92 Å². The molecule has 0 amide bonds. The van der Waals surface area contributed by atoms with Crippen molar-refractivity contribution in [2.24, 2.45) is 0 Å². The molecule has 18 heavy (non-hydrogen) atoms. The maximum Gasteiger partial charge on any atom is 0.203 e. The van der Waals surface area contributed by atoms with Crippen LogP contribution in [0.15, 0.2) is 12.4 Å². The Morgan fingerprint density at radius 3 is 3.22 bits per heavy atom. The van der Waals surface area contributed by atoms with Crippen molar-refractivity contribution in [1.82, 2.24) is 19.6 Å². The summed E-state index contributed by atoms with van der Waals surface area (Å²) in [4.78, 5) is 4.27. The lowest BCUT2D eigenvalue weighted by Crippen LogP contribution is -2.34. The SMILES string of the molecule is Cc1nnc2c(NCC3COCCO3)nccn12. The summed E-state index contributed by atoms with van der Waals surface area (Å²) in [6.07, 6.45) is 3.63. The summed E-state index contributed by atoms with van der Waals surface area (Å²) in [5, 5.41) is 11.4. The molecule has 0 spiro atoms. The molecule has 1 atom stereocenters. The van der Waals surface area contributed by atoms with Crippen molar-refractivity contribution in [3.05, 3.63) is 18.2 Å². The van der Waals surface area contributed by atoms with Crippen molar-refractivity contribution in [3.63, 3.8) is 0 Å². The molecule has 1 fully saturated rings. The lowest BCUT2D eigenvalue weighted by Gasteiger charge is -2.23. The third kappa shape index (κ3) is 2.14. The minimum Gasteiger partial charge on any atom is -0.376 e. The summed E-state index contributed by atoms with van der Waals surface area (Å²) >= 11 is 0. The molecule has 1 unspecified atom stereocenters. The van der Waals surface area contributed by atoms with Gasteiger partial charge in [-0.15, -0.1) is 10.2 Å². The first-order valence-electron chi connectivity index (χ1n) is 5.94. The average Bonchev–Trinajstić information content (AvgIpc) is 2.80. The van der Waals surface area contributed by atoms with Crippen LogP contribution in [0, 0.1) is 6.92 Å². The first-order valence-corrected chi connectivity index (χ1v) is 5.94. The van der Waals surface area contributed by atoms with E-state index in [1.807, 2.05) is 17.5 Å². The normalized spacial score (nSPS) is 20.2. The van der Waals surface area contributed by atoms with Crippen LogP contribution in [-0.2, 0) is 9.47 Å². The Labute approximate surface area is 104 Å². The van der Waals surface area contributed by atoms with E-state index in [2.05, 4.69) is 20.5 Å². The zero-order valence-electron chi connectivity index (χ0n) is 10.2. The van der Waals surface area contributed by atoms with E-state index in [1.54, 1.807) is 6.20 Å². The standard InChI is InChI=1S/C11H15N5O2/c1-8-14-15-11-10(12-2-3-16(8)11)13-6-9-7-17-4-5-18-9/h2-3,9H,4-7H2,1H3,(H,12,13). The molecule has 7 nitrogen and oxygen atoms in total. The molecule has 96 valence electrons. The Balaban J connectivity index is 1.74. The molecular formula is C11H15N5O2. The Morgan fingerprint density at radius 1 is 1.44 bits per heavy atom. The number of aryl methyl sites for hydroxylation is 1. The van der Waals surface area contributed by atoms with Gasteiger partial charge in [-0.2, -0.15) is 0 Å². The topological polar surface area (TPSA) is 73.6 Å². The molecule has 0 radical (unpaired) electrons. The second-order valence-corrected chi connectivity index (χ2v) is 4.17. The Hall–Kier alpha value is -1.73. The molecular weight excluding hydrogens is 234 g/mol. The summed E-state index contributed by atoms with van der Waals surface area (Å²) in [6, 6.07) is 0. The number of rotatable bonds is 3. The van der Waals surface area contributed by atoms with E-state index in [-0.39, 0.29) is 6.10 Å². The summed E-state index contributed by atoms with van der Waals surface area (Å²) in [6.45, 7) is 4.49. The zero-order chi connectivity index (χ0) is 12.4. The zero-order valence-corrected chi connectivity index (χ0v) is 10.2. The lowest BCUT2D eigenvalue weighted by molar-refractivity contribution is -0.0819. The van der Waals surface area contributed by atoms with E-state index < -0.39 is 0 Å². The summed E-state index contributed by atoms with van der Waals surface area (Å²) in [7, 11) is 0. The quantitative estimate of drug-likeness (QED) is 0.841. The van der Waals surface area contributed by atoms with E-state index in [0.717, 1.165) is 11.5 Å². The second-order valence-electron chi connectivity index (χ2n) is 4.17. The van der Waals surface area contributed by atoms with Gasteiger partial charge in [-0.25, -0.2) is 4.98 Å². The van der Waals surface area contributed by atoms with Gasteiger partial charge in [0.05, 0.1) is 25.9 Å². The van der Waals surface area contributed by atoms with E-state index in [1.165, 1.54) is 0 Å². The third-order valence-electron chi connectivity index (χ3n) is 2.88. The van der Waals surface area contributed by atoms with Gasteiger partial charge < -0.3 is 14.8 Å².